The Morgan fingerprint density at radius 2 is 1.60 bits per heavy atom. The van der Waals surface area contributed by atoms with Crippen LogP contribution in [0, 0.1) is 0 Å². The minimum absolute atomic E-state index is 0.206. The van der Waals surface area contributed by atoms with Crippen LogP contribution in [-0.2, 0) is 9.53 Å². The van der Waals surface area contributed by atoms with Crippen molar-refractivity contribution in [2.24, 2.45) is 0 Å². The Labute approximate surface area is 119 Å². The molecule has 0 saturated heterocycles. The lowest BCUT2D eigenvalue weighted by molar-refractivity contribution is -0.135. The second kappa shape index (κ2) is 7.10. The van der Waals surface area contributed by atoms with Crippen LogP contribution in [0.2, 0.25) is 0 Å². The second-order valence-corrected chi connectivity index (χ2v) is 4.22. The Balaban J connectivity index is 2.37. The molecule has 0 bridgehead atoms. The van der Waals surface area contributed by atoms with Gasteiger partial charge in [-0.2, -0.15) is 0 Å². The summed E-state index contributed by atoms with van der Waals surface area (Å²) in [4.78, 5) is 12.2. The molecule has 0 aromatic heterocycles. The zero-order valence-electron chi connectivity index (χ0n) is 11.2. The molecular formula is C18H16O2. The summed E-state index contributed by atoms with van der Waals surface area (Å²) in [6.45, 7) is 3.76. The van der Waals surface area contributed by atoms with Crippen LogP contribution in [0.5, 0.6) is 0 Å². The number of carbonyl (C=O) groups is 1. The highest BCUT2D eigenvalue weighted by atomic mass is 16.5. The third kappa shape index (κ3) is 3.69. The molecule has 0 fully saturated rings. The topological polar surface area (TPSA) is 26.3 Å². The van der Waals surface area contributed by atoms with Crippen molar-refractivity contribution < 1.29 is 9.53 Å². The maximum absolute atomic E-state index is 12.2. The highest BCUT2D eigenvalue weighted by molar-refractivity contribution is 6.21. The van der Waals surface area contributed by atoms with Gasteiger partial charge in [-0.3, -0.25) is 0 Å². The van der Waals surface area contributed by atoms with Crippen LogP contribution in [-0.4, -0.2) is 12.6 Å². The normalized spacial score (nSPS) is 10.9. The molecular weight excluding hydrogens is 248 g/mol. The zero-order chi connectivity index (χ0) is 14.2. The maximum atomic E-state index is 12.2. The minimum atomic E-state index is -0.347. The van der Waals surface area contributed by atoms with Crippen molar-refractivity contribution in [1.82, 2.24) is 0 Å². The van der Waals surface area contributed by atoms with E-state index in [1.165, 1.54) is 0 Å². The standard InChI is InChI=1S/C18H16O2/c1-2-13-20-18(19)17(16-11-7-4-8-12-16)14-15-9-5-3-6-10-15/h2-12,14H,1,13H2. The molecule has 20 heavy (non-hydrogen) atoms. The molecule has 0 atom stereocenters. The quantitative estimate of drug-likeness (QED) is 0.354. The Morgan fingerprint density at radius 1 is 1.00 bits per heavy atom. The Bertz CT molecular complexity index is 598. The molecule has 0 N–H and O–H groups in total. The number of esters is 1. The van der Waals surface area contributed by atoms with Gasteiger partial charge < -0.3 is 4.74 Å². The molecule has 0 spiro atoms. The van der Waals surface area contributed by atoms with Crippen LogP contribution in [0.4, 0.5) is 0 Å². The monoisotopic (exact) mass is 264 g/mol. The van der Waals surface area contributed by atoms with Gasteiger partial charge >= 0.3 is 5.97 Å². The molecule has 0 aliphatic rings. The largest absolute Gasteiger partial charge is 0.458 e. The highest BCUT2D eigenvalue weighted by Gasteiger charge is 2.12. The van der Waals surface area contributed by atoms with Gasteiger partial charge in [-0.1, -0.05) is 73.3 Å². The van der Waals surface area contributed by atoms with E-state index in [9.17, 15) is 4.79 Å². The lowest BCUT2D eigenvalue weighted by Gasteiger charge is -2.07. The third-order valence-corrected chi connectivity index (χ3v) is 2.75. The lowest BCUT2D eigenvalue weighted by Crippen LogP contribution is -2.07. The number of hydrogen-bond acceptors (Lipinski definition) is 2. The molecule has 2 nitrogen and oxygen atoms in total. The first-order valence-electron chi connectivity index (χ1n) is 6.41. The van der Waals surface area contributed by atoms with Crippen molar-refractivity contribution in [2.75, 3.05) is 6.61 Å². The first kappa shape index (κ1) is 13.8. The van der Waals surface area contributed by atoms with Gasteiger partial charge in [0.15, 0.2) is 0 Å². The molecule has 2 heteroatoms. The van der Waals surface area contributed by atoms with Gasteiger partial charge in [0.1, 0.15) is 6.61 Å². The summed E-state index contributed by atoms with van der Waals surface area (Å²) in [5.41, 5.74) is 2.34. The van der Waals surface area contributed by atoms with E-state index in [1.807, 2.05) is 66.7 Å². The molecule has 0 aliphatic heterocycles. The number of rotatable bonds is 5. The number of carbonyl (C=O) groups excluding carboxylic acids is 1. The minimum Gasteiger partial charge on any atom is -0.458 e. The number of ether oxygens (including phenoxy) is 1. The van der Waals surface area contributed by atoms with E-state index in [0.29, 0.717) is 5.57 Å². The molecule has 100 valence electrons. The van der Waals surface area contributed by atoms with E-state index in [0.717, 1.165) is 11.1 Å². The fourth-order valence-corrected chi connectivity index (χ4v) is 1.81. The van der Waals surface area contributed by atoms with Gasteiger partial charge in [-0.05, 0) is 17.2 Å². The molecule has 2 aromatic rings. The van der Waals surface area contributed by atoms with E-state index in [-0.39, 0.29) is 12.6 Å². The Kier molecular flexibility index (Phi) is 4.90. The van der Waals surface area contributed by atoms with Crippen LogP contribution in [0.15, 0.2) is 73.3 Å². The summed E-state index contributed by atoms with van der Waals surface area (Å²) in [7, 11) is 0. The molecule has 2 rings (SSSR count). The van der Waals surface area contributed by atoms with Crippen LogP contribution in [0.3, 0.4) is 0 Å². The summed E-state index contributed by atoms with van der Waals surface area (Å²) in [5, 5.41) is 0. The molecule has 0 amide bonds. The fourth-order valence-electron chi connectivity index (χ4n) is 1.81. The van der Waals surface area contributed by atoms with Gasteiger partial charge in [0.05, 0.1) is 5.57 Å². The van der Waals surface area contributed by atoms with Crippen molar-refractivity contribution in [2.45, 2.75) is 0 Å². The Morgan fingerprint density at radius 3 is 2.20 bits per heavy atom. The first-order chi connectivity index (χ1) is 9.81. The third-order valence-electron chi connectivity index (χ3n) is 2.75. The average Bonchev–Trinajstić information content (AvgIpc) is 2.52. The summed E-state index contributed by atoms with van der Waals surface area (Å²) in [6.07, 6.45) is 3.39. The van der Waals surface area contributed by atoms with Crippen molar-refractivity contribution in [3.8, 4) is 0 Å². The molecule has 0 unspecified atom stereocenters. The van der Waals surface area contributed by atoms with Gasteiger partial charge in [0.2, 0.25) is 0 Å². The summed E-state index contributed by atoms with van der Waals surface area (Å²) >= 11 is 0. The molecule has 0 saturated carbocycles. The van der Waals surface area contributed by atoms with E-state index in [1.54, 1.807) is 6.08 Å². The Hall–Kier alpha value is -2.61. The first-order valence-corrected chi connectivity index (χ1v) is 6.41. The second-order valence-electron chi connectivity index (χ2n) is 4.22. The fraction of sp³-hybridized carbons (Fsp3) is 0.0556. The van der Waals surface area contributed by atoms with E-state index in [2.05, 4.69) is 6.58 Å². The van der Waals surface area contributed by atoms with E-state index >= 15 is 0 Å². The summed E-state index contributed by atoms with van der Waals surface area (Å²) < 4.78 is 5.15. The maximum Gasteiger partial charge on any atom is 0.339 e. The molecule has 0 heterocycles. The van der Waals surface area contributed by atoms with Gasteiger partial charge in [0.25, 0.3) is 0 Å². The zero-order valence-corrected chi connectivity index (χ0v) is 11.2. The van der Waals surface area contributed by atoms with Crippen LogP contribution in [0.25, 0.3) is 11.6 Å². The van der Waals surface area contributed by atoms with Gasteiger partial charge in [-0.15, -0.1) is 0 Å². The number of benzene rings is 2. The smallest absolute Gasteiger partial charge is 0.339 e. The molecule has 0 radical (unpaired) electrons. The molecule has 0 aliphatic carbocycles. The van der Waals surface area contributed by atoms with Crippen LogP contribution in [0.1, 0.15) is 11.1 Å². The van der Waals surface area contributed by atoms with Crippen LogP contribution >= 0.6 is 0 Å². The van der Waals surface area contributed by atoms with Crippen LogP contribution < -0.4 is 0 Å². The van der Waals surface area contributed by atoms with Gasteiger partial charge in [0, 0.05) is 0 Å². The SMILES string of the molecule is C=CCOC(=O)C(=Cc1ccccc1)c1ccccc1. The summed E-state index contributed by atoms with van der Waals surface area (Å²) in [6, 6.07) is 19.2. The van der Waals surface area contributed by atoms with Gasteiger partial charge in [-0.25, -0.2) is 4.79 Å². The average molecular weight is 264 g/mol. The predicted octanol–water partition coefficient (Wildman–Crippen LogP) is 3.96. The van der Waals surface area contributed by atoms with Crippen molar-refractivity contribution in [3.63, 3.8) is 0 Å². The predicted molar refractivity (Wildman–Crippen MR) is 81.9 cm³/mol. The van der Waals surface area contributed by atoms with Crippen molar-refractivity contribution in [1.29, 1.82) is 0 Å². The van der Waals surface area contributed by atoms with E-state index < -0.39 is 0 Å². The van der Waals surface area contributed by atoms with E-state index in [4.69, 9.17) is 4.74 Å². The molecule has 2 aromatic carbocycles. The van der Waals surface area contributed by atoms with Crippen molar-refractivity contribution >= 4 is 17.6 Å². The summed E-state index contributed by atoms with van der Waals surface area (Å²) in [5.74, 6) is -0.347. The number of hydrogen-bond donors (Lipinski definition) is 0. The highest BCUT2D eigenvalue weighted by Crippen LogP contribution is 2.19. The van der Waals surface area contributed by atoms with Crippen molar-refractivity contribution in [3.05, 3.63) is 84.4 Å². The lowest BCUT2D eigenvalue weighted by atomic mass is 10.0.